The number of sulfonamides is 1. The van der Waals surface area contributed by atoms with Crippen molar-refractivity contribution in [2.45, 2.75) is 24.3 Å². The van der Waals surface area contributed by atoms with Crippen molar-refractivity contribution in [3.05, 3.63) is 46.7 Å². The van der Waals surface area contributed by atoms with Crippen LogP contribution in [0.4, 0.5) is 18.9 Å². The lowest BCUT2D eigenvalue weighted by Crippen LogP contribution is -2.44. The molecular weight excluding hydrogens is 407 g/mol. The molecule has 0 spiro atoms. The van der Waals surface area contributed by atoms with Crippen molar-refractivity contribution in [2.24, 2.45) is 7.05 Å². The molecule has 0 saturated heterocycles. The third-order valence-electron chi connectivity index (χ3n) is 3.51. The van der Waals surface area contributed by atoms with E-state index in [0.29, 0.717) is 0 Å². The van der Waals surface area contributed by atoms with E-state index in [1.165, 1.54) is 31.7 Å². The van der Waals surface area contributed by atoms with E-state index < -0.39 is 44.8 Å². The van der Waals surface area contributed by atoms with Gasteiger partial charge >= 0.3 is 0 Å². The second-order valence-corrected chi connectivity index (χ2v) is 8.59. The number of amides is 1. The molecule has 2 aromatic rings. The number of rotatable bonds is 6. The first kappa shape index (κ1) is 21.3. The van der Waals surface area contributed by atoms with E-state index >= 15 is 0 Å². The predicted octanol–water partition coefficient (Wildman–Crippen LogP) is 3.24. The van der Waals surface area contributed by atoms with E-state index in [2.05, 4.69) is 10.0 Å². The molecule has 1 amide bonds. The Labute approximate surface area is 159 Å². The van der Waals surface area contributed by atoms with Crippen molar-refractivity contribution >= 4 is 33.2 Å². The first-order valence-corrected chi connectivity index (χ1v) is 9.44. The minimum atomic E-state index is -4.08. The largest absolute Gasteiger partial charge is 0.345 e. The molecule has 6 nitrogen and oxygen atoms in total. The first-order chi connectivity index (χ1) is 12.4. The van der Waals surface area contributed by atoms with Gasteiger partial charge in [-0.05, 0) is 26.0 Å². The molecule has 0 bridgehead atoms. The summed E-state index contributed by atoms with van der Waals surface area (Å²) >= 11 is 5.53. The highest BCUT2D eigenvalue weighted by Crippen LogP contribution is 2.24. The Morgan fingerprint density at radius 3 is 2.44 bits per heavy atom. The van der Waals surface area contributed by atoms with Crippen molar-refractivity contribution in [3.8, 4) is 0 Å². The van der Waals surface area contributed by atoms with Gasteiger partial charge in [0.05, 0.1) is 10.6 Å². The van der Waals surface area contributed by atoms with Crippen molar-refractivity contribution in [3.63, 3.8) is 0 Å². The van der Waals surface area contributed by atoms with Gasteiger partial charge in [0.1, 0.15) is 17.3 Å². The number of nitrogens with zero attached hydrogens (tertiary/aromatic N) is 1. The lowest BCUT2D eigenvalue weighted by Gasteiger charge is -2.21. The number of hydrogen-bond donors (Lipinski definition) is 2. The topological polar surface area (TPSA) is 80.2 Å². The van der Waals surface area contributed by atoms with Crippen molar-refractivity contribution in [1.82, 2.24) is 9.29 Å². The van der Waals surface area contributed by atoms with Gasteiger partial charge in [-0.1, -0.05) is 11.6 Å². The fraction of sp³-hybridized carbons (Fsp3) is 0.312. The minimum Gasteiger partial charge on any atom is -0.345 e. The van der Waals surface area contributed by atoms with Crippen LogP contribution in [0.3, 0.4) is 0 Å². The molecule has 0 aliphatic heterocycles. The molecular formula is C16H17ClF3N3O3S. The summed E-state index contributed by atoms with van der Waals surface area (Å²) < 4.78 is 67.6. The van der Waals surface area contributed by atoms with Gasteiger partial charge in [-0.3, -0.25) is 4.79 Å². The number of anilines is 1. The smallest absolute Gasteiger partial charge is 0.272 e. The number of carbonyl (C=O) groups excluding carboxylic acids is 1. The van der Waals surface area contributed by atoms with Gasteiger partial charge in [0.15, 0.2) is 11.6 Å². The van der Waals surface area contributed by atoms with Crippen molar-refractivity contribution < 1.29 is 26.4 Å². The van der Waals surface area contributed by atoms with E-state index in [9.17, 15) is 26.4 Å². The van der Waals surface area contributed by atoms with Crippen LogP contribution in [0.25, 0.3) is 0 Å². The average molecular weight is 424 g/mol. The van der Waals surface area contributed by atoms with Crippen LogP contribution in [0, 0.1) is 11.6 Å². The standard InChI is InChI=1S/C16H17ClF3N3O3S/c1-16(2,8-18)22-27(25,26)10-6-13(23(3)7-10)15(24)21-9-4-11(17)14(20)12(19)5-9/h4-7,22H,8H2,1-3H3,(H,21,24). The number of aromatic nitrogens is 1. The molecule has 0 saturated carbocycles. The molecule has 0 radical (unpaired) electrons. The number of benzene rings is 1. The first-order valence-electron chi connectivity index (χ1n) is 7.58. The third-order valence-corrected chi connectivity index (χ3v) is 5.45. The molecule has 2 N–H and O–H groups in total. The van der Waals surface area contributed by atoms with Crippen LogP contribution in [-0.2, 0) is 17.1 Å². The minimum absolute atomic E-state index is 0.0747. The molecule has 1 aromatic heterocycles. The summed E-state index contributed by atoms with van der Waals surface area (Å²) in [5.74, 6) is -3.26. The predicted molar refractivity (Wildman–Crippen MR) is 95.1 cm³/mol. The zero-order valence-corrected chi connectivity index (χ0v) is 16.2. The fourth-order valence-corrected chi connectivity index (χ4v) is 3.85. The van der Waals surface area contributed by atoms with Gasteiger partial charge < -0.3 is 9.88 Å². The second kappa shape index (κ2) is 7.53. The lowest BCUT2D eigenvalue weighted by atomic mass is 10.1. The van der Waals surface area contributed by atoms with Gasteiger partial charge in [-0.15, -0.1) is 0 Å². The summed E-state index contributed by atoms with van der Waals surface area (Å²) in [5, 5.41) is 1.79. The van der Waals surface area contributed by atoms with Gasteiger partial charge in [0.25, 0.3) is 5.91 Å². The Bertz CT molecular complexity index is 967. The monoisotopic (exact) mass is 423 g/mol. The zero-order chi connectivity index (χ0) is 20.6. The lowest BCUT2D eigenvalue weighted by molar-refractivity contribution is 0.101. The Morgan fingerprint density at radius 1 is 1.26 bits per heavy atom. The maximum atomic E-state index is 13.4. The Balaban J connectivity index is 2.29. The summed E-state index contributed by atoms with van der Waals surface area (Å²) in [4.78, 5) is 12.1. The highest BCUT2D eigenvalue weighted by molar-refractivity contribution is 7.89. The molecule has 0 fully saturated rings. The number of aryl methyl sites for hydroxylation is 1. The molecule has 1 aromatic carbocycles. The van der Waals surface area contributed by atoms with E-state index in [0.717, 1.165) is 18.2 Å². The zero-order valence-electron chi connectivity index (χ0n) is 14.6. The highest BCUT2D eigenvalue weighted by Gasteiger charge is 2.28. The van der Waals surface area contributed by atoms with Crippen molar-refractivity contribution in [2.75, 3.05) is 12.0 Å². The third kappa shape index (κ3) is 4.82. The quantitative estimate of drug-likeness (QED) is 0.700. The average Bonchev–Trinajstić information content (AvgIpc) is 2.94. The van der Waals surface area contributed by atoms with Crippen molar-refractivity contribution in [1.29, 1.82) is 0 Å². The molecule has 27 heavy (non-hydrogen) atoms. The summed E-state index contributed by atoms with van der Waals surface area (Å²) in [6, 6.07) is 2.84. The summed E-state index contributed by atoms with van der Waals surface area (Å²) in [7, 11) is -2.66. The molecule has 11 heteroatoms. The van der Waals surface area contributed by atoms with Crippen LogP contribution in [0.2, 0.25) is 5.02 Å². The summed E-state index contributed by atoms with van der Waals surface area (Å²) in [6.07, 6.45) is 1.17. The summed E-state index contributed by atoms with van der Waals surface area (Å²) in [5.41, 5.74) is -1.50. The van der Waals surface area contributed by atoms with Crippen LogP contribution in [0.5, 0.6) is 0 Å². The Hall–Kier alpha value is -2.04. The SMILES string of the molecule is Cn1cc(S(=O)(=O)NC(C)(C)CF)cc1C(=O)Nc1cc(F)c(F)c(Cl)c1. The second-order valence-electron chi connectivity index (χ2n) is 6.50. The number of nitrogens with one attached hydrogen (secondary N) is 2. The van der Waals surface area contributed by atoms with Gasteiger partial charge in [0, 0.05) is 25.0 Å². The van der Waals surface area contributed by atoms with Crippen LogP contribution in [0.1, 0.15) is 24.3 Å². The fourth-order valence-electron chi connectivity index (χ4n) is 2.18. The molecule has 1 heterocycles. The number of halogens is 4. The number of alkyl halides is 1. The number of hydrogen-bond acceptors (Lipinski definition) is 3. The van der Waals surface area contributed by atoms with Crippen LogP contribution in [-0.4, -0.2) is 31.1 Å². The molecule has 0 aliphatic carbocycles. The van der Waals surface area contributed by atoms with Gasteiger partial charge in [-0.2, -0.15) is 0 Å². The van der Waals surface area contributed by atoms with Crippen LogP contribution >= 0.6 is 11.6 Å². The van der Waals surface area contributed by atoms with E-state index in [1.807, 2.05) is 0 Å². The maximum Gasteiger partial charge on any atom is 0.272 e. The van der Waals surface area contributed by atoms with E-state index in [4.69, 9.17) is 11.6 Å². The maximum absolute atomic E-state index is 13.4. The Morgan fingerprint density at radius 2 is 1.89 bits per heavy atom. The summed E-state index contributed by atoms with van der Waals surface area (Å²) in [6.45, 7) is 1.81. The number of carbonyl (C=O) groups is 1. The van der Waals surface area contributed by atoms with E-state index in [1.54, 1.807) is 0 Å². The molecule has 2 rings (SSSR count). The highest BCUT2D eigenvalue weighted by atomic mass is 35.5. The van der Waals surface area contributed by atoms with Gasteiger partial charge in [0.2, 0.25) is 10.0 Å². The molecule has 0 unspecified atom stereocenters. The van der Waals surface area contributed by atoms with Crippen LogP contribution in [0.15, 0.2) is 29.3 Å². The van der Waals surface area contributed by atoms with E-state index in [-0.39, 0.29) is 16.3 Å². The van der Waals surface area contributed by atoms with Crippen LogP contribution < -0.4 is 10.0 Å². The molecule has 148 valence electrons. The molecule has 0 atom stereocenters. The van der Waals surface area contributed by atoms with Gasteiger partial charge in [-0.25, -0.2) is 26.3 Å². The Kier molecular flexibility index (Phi) is 5.93. The molecule has 0 aliphatic rings. The normalized spacial score (nSPS) is 12.3.